The minimum absolute atomic E-state index is 0.263. The van der Waals surface area contributed by atoms with Crippen molar-refractivity contribution in [3.63, 3.8) is 0 Å². The molecule has 9 atom stereocenters. The maximum Gasteiger partial charge on any atom is 0.0447 e. The molecule has 4 fully saturated rings. The Labute approximate surface area is 193 Å². The van der Waals surface area contributed by atoms with Crippen molar-refractivity contribution in [2.24, 2.45) is 52.3 Å². The third-order valence-corrected chi connectivity index (χ3v) is 11.3. The molecule has 31 heavy (non-hydrogen) atoms. The molecule has 2 N–H and O–H groups in total. The molecule has 0 heterocycles. The number of hydrogen-bond donors (Lipinski definition) is 2. The molecule has 4 rings (SSSR count). The molecule has 2 heteroatoms. The van der Waals surface area contributed by atoms with Crippen molar-refractivity contribution >= 4 is 0 Å². The van der Waals surface area contributed by atoms with E-state index in [9.17, 15) is 0 Å². The van der Waals surface area contributed by atoms with E-state index in [-0.39, 0.29) is 6.61 Å². The molecule has 0 aliphatic heterocycles. The van der Waals surface area contributed by atoms with Crippen LogP contribution in [0.1, 0.15) is 105 Å². The van der Waals surface area contributed by atoms with E-state index in [0.29, 0.717) is 10.8 Å². The van der Waals surface area contributed by atoms with Crippen LogP contribution < -0.4 is 5.32 Å². The van der Waals surface area contributed by atoms with Gasteiger partial charge in [-0.2, -0.15) is 0 Å². The number of rotatable bonds is 8. The second-order valence-corrected chi connectivity index (χ2v) is 12.8. The first-order valence-corrected chi connectivity index (χ1v) is 13.8. The molecule has 4 aliphatic rings. The lowest BCUT2D eigenvalue weighted by molar-refractivity contribution is -0.137. The maximum absolute atomic E-state index is 8.99. The Balaban J connectivity index is 1.42. The lowest BCUT2D eigenvalue weighted by Gasteiger charge is -2.62. The van der Waals surface area contributed by atoms with Crippen LogP contribution in [0.3, 0.4) is 0 Å². The van der Waals surface area contributed by atoms with Gasteiger partial charge in [-0.05, 0) is 116 Å². The van der Waals surface area contributed by atoms with Gasteiger partial charge in [0, 0.05) is 18.8 Å². The van der Waals surface area contributed by atoms with E-state index in [1.807, 2.05) is 0 Å². The minimum Gasteiger partial charge on any atom is -0.396 e. The van der Waals surface area contributed by atoms with Gasteiger partial charge < -0.3 is 10.4 Å². The summed E-state index contributed by atoms with van der Waals surface area (Å²) in [7, 11) is 0. The number of aliphatic hydroxyl groups is 1. The van der Waals surface area contributed by atoms with Gasteiger partial charge in [0.05, 0.1) is 0 Å². The molecule has 2 nitrogen and oxygen atoms in total. The Morgan fingerprint density at radius 1 is 1.06 bits per heavy atom. The molecule has 9 unspecified atom stereocenters. The van der Waals surface area contributed by atoms with Crippen LogP contribution in [-0.4, -0.2) is 18.3 Å². The average molecular weight is 430 g/mol. The van der Waals surface area contributed by atoms with Gasteiger partial charge in [0.1, 0.15) is 0 Å². The fraction of sp³-hybridized carbons (Fsp3) is 0.931. The highest BCUT2D eigenvalue weighted by Gasteiger charge is 2.61. The van der Waals surface area contributed by atoms with E-state index < -0.39 is 0 Å². The molecule has 0 radical (unpaired) electrons. The molecular weight excluding hydrogens is 378 g/mol. The van der Waals surface area contributed by atoms with Gasteiger partial charge in [0.15, 0.2) is 0 Å². The first-order chi connectivity index (χ1) is 14.8. The predicted molar refractivity (Wildman–Crippen MR) is 132 cm³/mol. The van der Waals surface area contributed by atoms with Crippen molar-refractivity contribution in [2.75, 3.05) is 13.2 Å². The molecule has 4 saturated carbocycles. The molecule has 0 spiro atoms. The van der Waals surface area contributed by atoms with Crippen LogP contribution in [0.4, 0.5) is 0 Å². The number of allylic oxidation sites excluding steroid dienone is 1. The molecule has 0 amide bonds. The minimum atomic E-state index is 0.263. The fourth-order valence-electron chi connectivity index (χ4n) is 9.68. The Hall–Kier alpha value is -0.500. The largest absolute Gasteiger partial charge is 0.396 e. The smallest absolute Gasteiger partial charge is 0.0447 e. The molecule has 0 aromatic rings. The molecule has 0 aromatic heterocycles. The zero-order chi connectivity index (χ0) is 22.2. The summed E-state index contributed by atoms with van der Waals surface area (Å²) in [4.78, 5) is 0. The van der Waals surface area contributed by atoms with E-state index >= 15 is 0 Å². The monoisotopic (exact) mass is 429 g/mol. The summed E-state index contributed by atoms with van der Waals surface area (Å²) in [5, 5.41) is 12.4. The topological polar surface area (TPSA) is 32.3 Å². The van der Waals surface area contributed by atoms with Gasteiger partial charge >= 0.3 is 0 Å². The van der Waals surface area contributed by atoms with Crippen molar-refractivity contribution in [1.82, 2.24) is 5.32 Å². The van der Waals surface area contributed by atoms with Gasteiger partial charge in [0.25, 0.3) is 0 Å². The maximum atomic E-state index is 8.99. The normalized spacial score (nSPS) is 45.3. The van der Waals surface area contributed by atoms with Crippen LogP contribution in [-0.2, 0) is 0 Å². The van der Waals surface area contributed by atoms with Gasteiger partial charge in [0.2, 0.25) is 0 Å². The van der Waals surface area contributed by atoms with Crippen molar-refractivity contribution in [3.8, 4) is 0 Å². The van der Waals surface area contributed by atoms with Gasteiger partial charge in [-0.1, -0.05) is 47.1 Å². The second kappa shape index (κ2) is 9.40. The van der Waals surface area contributed by atoms with Crippen LogP contribution in [0.15, 0.2) is 12.3 Å². The third-order valence-electron chi connectivity index (χ3n) is 11.3. The predicted octanol–water partition coefficient (Wildman–Crippen LogP) is 7.18. The highest BCUT2D eigenvalue weighted by atomic mass is 16.3. The van der Waals surface area contributed by atoms with Crippen molar-refractivity contribution < 1.29 is 5.11 Å². The molecule has 0 aromatic carbocycles. The summed E-state index contributed by atoms with van der Waals surface area (Å²) in [5.41, 5.74) is 2.39. The van der Waals surface area contributed by atoms with E-state index in [2.05, 4.69) is 39.6 Å². The lowest BCUT2D eigenvalue weighted by atomic mass is 9.42. The summed E-state index contributed by atoms with van der Waals surface area (Å²) in [6, 6.07) is 0. The van der Waals surface area contributed by atoms with Crippen LogP contribution in [0.5, 0.6) is 0 Å². The summed E-state index contributed by atoms with van der Waals surface area (Å²) >= 11 is 0. The quantitative estimate of drug-likeness (QED) is 0.400. The molecular formula is C29H51NO. The van der Waals surface area contributed by atoms with Crippen LogP contribution >= 0.6 is 0 Å². The van der Waals surface area contributed by atoms with Crippen LogP contribution in [0.25, 0.3) is 0 Å². The Kier molecular flexibility index (Phi) is 7.17. The first-order valence-electron chi connectivity index (χ1n) is 13.8. The van der Waals surface area contributed by atoms with Crippen LogP contribution in [0.2, 0.25) is 0 Å². The number of aliphatic hydroxyl groups excluding tert-OH is 1. The highest BCUT2D eigenvalue weighted by molar-refractivity contribution is 5.10. The fourth-order valence-corrected chi connectivity index (χ4v) is 9.68. The van der Waals surface area contributed by atoms with Gasteiger partial charge in [-0.15, -0.1) is 0 Å². The average Bonchev–Trinajstić information content (AvgIpc) is 3.10. The Morgan fingerprint density at radius 2 is 1.84 bits per heavy atom. The lowest BCUT2D eigenvalue weighted by Crippen LogP contribution is -2.55. The Bertz CT molecular complexity index is 630. The summed E-state index contributed by atoms with van der Waals surface area (Å²) in [5.74, 6) is 6.61. The molecule has 4 aliphatic carbocycles. The zero-order valence-electron chi connectivity index (χ0n) is 21.1. The van der Waals surface area contributed by atoms with Crippen molar-refractivity contribution in [1.29, 1.82) is 0 Å². The highest BCUT2D eigenvalue weighted by Crippen LogP contribution is 2.69. The van der Waals surface area contributed by atoms with Gasteiger partial charge in [-0.3, -0.25) is 0 Å². The van der Waals surface area contributed by atoms with Gasteiger partial charge in [-0.25, -0.2) is 0 Å². The zero-order valence-corrected chi connectivity index (χ0v) is 21.1. The summed E-state index contributed by atoms with van der Waals surface area (Å²) < 4.78 is 0. The standard InChI is InChI=1S/C29H51NO/c1-20(10-11-22(3)30-17-8-18-31)24-12-13-25-27-21(2)19-23-9-6-7-15-28(23,4)26(27)14-16-29(24,25)5/h20-21,23-27,30-31H,3,6-19H2,1-2,4-5H3. The van der Waals surface area contributed by atoms with E-state index in [0.717, 1.165) is 60.8 Å². The molecule has 0 saturated heterocycles. The number of fused-ring (bicyclic) bond motifs is 5. The third kappa shape index (κ3) is 4.24. The van der Waals surface area contributed by atoms with E-state index in [1.165, 1.54) is 69.9 Å². The molecule has 178 valence electrons. The van der Waals surface area contributed by atoms with E-state index in [4.69, 9.17) is 5.11 Å². The number of nitrogens with one attached hydrogen (secondary N) is 1. The van der Waals surface area contributed by atoms with Crippen LogP contribution in [0, 0.1) is 52.3 Å². The molecule has 0 bridgehead atoms. The van der Waals surface area contributed by atoms with Crippen molar-refractivity contribution in [2.45, 2.75) is 105 Å². The number of hydrogen-bond acceptors (Lipinski definition) is 2. The Morgan fingerprint density at radius 3 is 2.61 bits per heavy atom. The van der Waals surface area contributed by atoms with Crippen molar-refractivity contribution in [3.05, 3.63) is 12.3 Å². The summed E-state index contributed by atoms with van der Waals surface area (Å²) in [6.45, 7) is 16.0. The second-order valence-electron chi connectivity index (χ2n) is 12.8. The SMILES string of the molecule is C=C(CCC(C)C1CCC2C3C(C)CC4CCCCC4(C)C3CCC12C)NCCCO. The summed E-state index contributed by atoms with van der Waals surface area (Å²) in [6.07, 6.45) is 16.6. The van der Waals surface area contributed by atoms with E-state index in [1.54, 1.807) is 0 Å². The first kappa shape index (κ1) is 23.7.